The van der Waals surface area contributed by atoms with E-state index in [2.05, 4.69) is 16.6 Å². The molecule has 1 amide bonds. The van der Waals surface area contributed by atoms with Gasteiger partial charge in [-0.1, -0.05) is 11.2 Å². The number of rotatable bonds is 2. The van der Waals surface area contributed by atoms with Gasteiger partial charge in [-0.15, -0.1) is 11.3 Å². The Balaban J connectivity index is 1.85. The van der Waals surface area contributed by atoms with Crippen molar-refractivity contribution in [3.63, 3.8) is 0 Å². The topological polar surface area (TPSA) is 46.3 Å². The Hall–Kier alpha value is -1.62. The number of amides is 1. The van der Waals surface area contributed by atoms with Gasteiger partial charge in [0, 0.05) is 17.5 Å². The summed E-state index contributed by atoms with van der Waals surface area (Å²) in [6.45, 7) is 2.61. The molecule has 4 nitrogen and oxygen atoms in total. The number of carbonyl (C=O) groups excluding carboxylic acids is 1. The maximum atomic E-state index is 12.4. The van der Waals surface area contributed by atoms with Gasteiger partial charge in [-0.3, -0.25) is 4.79 Å². The number of thiophene rings is 1. The summed E-state index contributed by atoms with van der Waals surface area (Å²) in [6, 6.07) is 6.01. The fraction of sp³-hybridized carbons (Fsp3) is 0.385. The standard InChI is InChI=1S/C13H14N2O2S/c1-9-8-11(17-14-9)13(16)15-6-2-4-10(15)12-5-3-7-18-12/h3,5,7-8,10H,2,4,6H2,1H3. The lowest BCUT2D eigenvalue weighted by Gasteiger charge is -2.22. The van der Waals surface area contributed by atoms with Crippen LogP contribution >= 0.6 is 11.3 Å². The number of aromatic nitrogens is 1. The molecule has 0 N–H and O–H groups in total. The van der Waals surface area contributed by atoms with E-state index in [9.17, 15) is 4.79 Å². The van der Waals surface area contributed by atoms with Crippen LogP contribution in [0.5, 0.6) is 0 Å². The number of aryl methyl sites for hydroxylation is 1. The van der Waals surface area contributed by atoms with Crippen LogP contribution in [-0.4, -0.2) is 22.5 Å². The predicted molar refractivity (Wildman–Crippen MR) is 68.6 cm³/mol. The van der Waals surface area contributed by atoms with Gasteiger partial charge in [0.2, 0.25) is 5.76 Å². The van der Waals surface area contributed by atoms with Crippen LogP contribution in [0.15, 0.2) is 28.1 Å². The molecule has 3 heterocycles. The molecule has 1 saturated heterocycles. The third-order valence-electron chi connectivity index (χ3n) is 3.22. The lowest BCUT2D eigenvalue weighted by atomic mass is 10.2. The molecule has 0 spiro atoms. The number of carbonyl (C=O) groups is 1. The van der Waals surface area contributed by atoms with Gasteiger partial charge in [-0.05, 0) is 31.2 Å². The van der Waals surface area contributed by atoms with Crippen molar-refractivity contribution in [2.24, 2.45) is 0 Å². The summed E-state index contributed by atoms with van der Waals surface area (Å²) in [7, 11) is 0. The van der Waals surface area contributed by atoms with E-state index in [0.29, 0.717) is 5.76 Å². The molecule has 1 fully saturated rings. The van der Waals surface area contributed by atoms with Crippen molar-refractivity contribution in [3.8, 4) is 0 Å². The first kappa shape index (κ1) is 11.5. The highest BCUT2D eigenvalue weighted by Gasteiger charge is 2.32. The van der Waals surface area contributed by atoms with Crippen LogP contribution in [-0.2, 0) is 0 Å². The second-order valence-electron chi connectivity index (χ2n) is 4.50. The van der Waals surface area contributed by atoms with Gasteiger partial charge in [-0.25, -0.2) is 0 Å². The van der Waals surface area contributed by atoms with Crippen molar-refractivity contribution in [2.75, 3.05) is 6.54 Å². The van der Waals surface area contributed by atoms with Crippen LogP contribution < -0.4 is 0 Å². The molecule has 1 aliphatic heterocycles. The fourth-order valence-corrected chi connectivity index (χ4v) is 3.27. The maximum Gasteiger partial charge on any atom is 0.293 e. The highest BCUT2D eigenvalue weighted by atomic mass is 32.1. The summed E-state index contributed by atoms with van der Waals surface area (Å²) in [5.41, 5.74) is 0.741. The Labute approximate surface area is 109 Å². The van der Waals surface area contributed by atoms with E-state index in [1.807, 2.05) is 17.9 Å². The van der Waals surface area contributed by atoms with Crippen molar-refractivity contribution in [2.45, 2.75) is 25.8 Å². The largest absolute Gasteiger partial charge is 0.351 e. The zero-order valence-electron chi connectivity index (χ0n) is 10.1. The van der Waals surface area contributed by atoms with Gasteiger partial charge >= 0.3 is 0 Å². The molecule has 0 aliphatic carbocycles. The summed E-state index contributed by atoms with van der Waals surface area (Å²) in [4.78, 5) is 15.5. The van der Waals surface area contributed by atoms with Gasteiger partial charge in [0.05, 0.1) is 11.7 Å². The summed E-state index contributed by atoms with van der Waals surface area (Å²) >= 11 is 1.70. The van der Waals surface area contributed by atoms with Crippen molar-refractivity contribution < 1.29 is 9.32 Å². The molecule has 2 aromatic heterocycles. The normalized spacial score (nSPS) is 19.4. The van der Waals surface area contributed by atoms with Crippen LogP contribution in [0.25, 0.3) is 0 Å². The van der Waals surface area contributed by atoms with E-state index in [1.165, 1.54) is 4.88 Å². The minimum absolute atomic E-state index is 0.0495. The molecule has 18 heavy (non-hydrogen) atoms. The van der Waals surface area contributed by atoms with Crippen LogP contribution in [0.1, 0.15) is 40.0 Å². The molecular weight excluding hydrogens is 248 g/mol. The van der Waals surface area contributed by atoms with Crippen LogP contribution in [0.3, 0.4) is 0 Å². The second kappa shape index (κ2) is 4.57. The molecular formula is C13H14N2O2S. The van der Waals surface area contributed by atoms with E-state index in [1.54, 1.807) is 17.4 Å². The Morgan fingerprint density at radius 1 is 1.61 bits per heavy atom. The quantitative estimate of drug-likeness (QED) is 0.835. The molecule has 0 aromatic carbocycles. The Morgan fingerprint density at radius 3 is 3.17 bits per heavy atom. The van der Waals surface area contributed by atoms with Crippen molar-refractivity contribution >= 4 is 17.2 Å². The highest BCUT2D eigenvalue weighted by molar-refractivity contribution is 7.10. The number of hydrogen-bond acceptors (Lipinski definition) is 4. The Morgan fingerprint density at radius 2 is 2.50 bits per heavy atom. The van der Waals surface area contributed by atoms with E-state index in [-0.39, 0.29) is 11.9 Å². The number of nitrogens with zero attached hydrogens (tertiary/aromatic N) is 2. The minimum Gasteiger partial charge on any atom is -0.351 e. The predicted octanol–water partition coefficient (Wildman–Crippen LogP) is 3.02. The van der Waals surface area contributed by atoms with Crippen molar-refractivity contribution in [1.82, 2.24) is 10.1 Å². The van der Waals surface area contributed by atoms with Gasteiger partial charge in [-0.2, -0.15) is 0 Å². The molecule has 5 heteroatoms. The van der Waals surface area contributed by atoms with Gasteiger partial charge in [0.25, 0.3) is 5.91 Å². The van der Waals surface area contributed by atoms with Gasteiger partial charge in [0.15, 0.2) is 0 Å². The first-order valence-corrected chi connectivity index (χ1v) is 6.91. The molecule has 94 valence electrons. The molecule has 0 radical (unpaired) electrons. The van der Waals surface area contributed by atoms with E-state index >= 15 is 0 Å². The minimum atomic E-state index is -0.0495. The smallest absolute Gasteiger partial charge is 0.293 e. The third kappa shape index (κ3) is 1.95. The number of hydrogen-bond donors (Lipinski definition) is 0. The zero-order valence-corrected chi connectivity index (χ0v) is 10.9. The average molecular weight is 262 g/mol. The molecule has 1 atom stereocenters. The van der Waals surface area contributed by atoms with E-state index < -0.39 is 0 Å². The average Bonchev–Trinajstić information content (AvgIpc) is 3.08. The van der Waals surface area contributed by atoms with Crippen LogP contribution in [0, 0.1) is 6.92 Å². The molecule has 1 unspecified atom stereocenters. The molecule has 0 bridgehead atoms. The second-order valence-corrected chi connectivity index (χ2v) is 5.48. The molecule has 3 rings (SSSR count). The molecule has 0 saturated carbocycles. The van der Waals surface area contributed by atoms with Crippen LogP contribution in [0.4, 0.5) is 0 Å². The fourth-order valence-electron chi connectivity index (χ4n) is 2.39. The Kier molecular flexibility index (Phi) is 2.91. The third-order valence-corrected chi connectivity index (χ3v) is 4.20. The first-order valence-electron chi connectivity index (χ1n) is 6.03. The molecule has 1 aliphatic rings. The lowest BCUT2D eigenvalue weighted by Crippen LogP contribution is -2.29. The maximum absolute atomic E-state index is 12.4. The zero-order chi connectivity index (χ0) is 12.5. The number of likely N-dealkylation sites (tertiary alicyclic amines) is 1. The lowest BCUT2D eigenvalue weighted by molar-refractivity contribution is 0.0695. The Bertz CT molecular complexity index is 547. The first-order chi connectivity index (χ1) is 8.75. The van der Waals surface area contributed by atoms with E-state index in [0.717, 1.165) is 25.1 Å². The van der Waals surface area contributed by atoms with Gasteiger partial charge < -0.3 is 9.42 Å². The summed E-state index contributed by atoms with van der Waals surface area (Å²) in [5, 5.41) is 5.83. The monoisotopic (exact) mass is 262 g/mol. The summed E-state index contributed by atoms with van der Waals surface area (Å²) < 4.78 is 5.07. The SMILES string of the molecule is Cc1cc(C(=O)N2CCCC2c2cccs2)on1. The highest BCUT2D eigenvalue weighted by Crippen LogP contribution is 2.35. The molecule has 2 aromatic rings. The summed E-state index contributed by atoms with van der Waals surface area (Å²) in [6.07, 6.45) is 2.07. The van der Waals surface area contributed by atoms with Crippen molar-refractivity contribution in [1.29, 1.82) is 0 Å². The van der Waals surface area contributed by atoms with Gasteiger partial charge in [0.1, 0.15) is 0 Å². The van der Waals surface area contributed by atoms with Crippen molar-refractivity contribution in [3.05, 3.63) is 39.9 Å². The van der Waals surface area contributed by atoms with Crippen LogP contribution in [0.2, 0.25) is 0 Å². The summed E-state index contributed by atoms with van der Waals surface area (Å²) in [5.74, 6) is 0.294. The van der Waals surface area contributed by atoms with E-state index in [4.69, 9.17) is 4.52 Å².